The van der Waals surface area contributed by atoms with Crippen molar-refractivity contribution in [2.24, 2.45) is 5.92 Å². The number of ether oxygens (including phenoxy) is 1. The van der Waals surface area contributed by atoms with Crippen molar-refractivity contribution >= 4 is 45.6 Å². The monoisotopic (exact) mass is 517 g/mol. The Labute approximate surface area is 215 Å². The number of carbonyl (C=O) groups excluding carboxylic acids is 4. The fourth-order valence-electron chi connectivity index (χ4n) is 4.65. The van der Waals surface area contributed by atoms with E-state index in [9.17, 15) is 24.3 Å². The number of esters is 1. The highest BCUT2D eigenvalue weighted by Crippen LogP contribution is 2.32. The third-order valence-corrected chi connectivity index (χ3v) is 7.81. The Morgan fingerprint density at radius 3 is 2.50 bits per heavy atom. The van der Waals surface area contributed by atoms with Gasteiger partial charge in [0.15, 0.2) is 5.12 Å². The minimum absolute atomic E-state index is 0.0934. The summed E-state index contributed by atoms with van der Waals surface area (Å²) in [7, 11) is 0. The lowest BCUT2D eigenvalue weighted by Crippen LogP contribution is -2.61. The van der Waals surface area contributed by atoms with E-state index in [0.717, 1.165) is 41.1 Å². The molecule has 1 heterocycles. The molecule has 1 fully saturated rings. The third-order valence-electron chi connectivity index (χ3n) is 6.46. The Bertz CT molecular complexity index is 1120. The summed E-state index contributed by atoms with van der Waals surface area (Å²) in [5.41, 5.74) is 0.366. The molecule has 196 valence electrons. The molecule has 0 bridgehead atoms. The van der Waals surface area contributed by atoms with Crippen LogP contribution in [-0.4, -0.2) is 56.4 Å². The minimum atomic E-state index is -1.16. The first-order chi connectivity index (χ1) is 17.1. The molecular formula is C26H35N3O6S. The van der Waals surface area contributed by atoms with Gasteiger partial charge in [-0.25, -0.2) is 4.79 Å². The number of hydrogen-bond acceptors (Lipinski definition) is 7. The van der Waals surface area contributed by atoms with Crippen molar-refractivity contribution in [3.63, 3.8) is 0 Å². The SMILES string of the molecule is CCOC(=O)[C@H](Cc1c[nH]c2ccc(O)cc12)NC(=O)C1(NC(=O)[C@@H](SC(C)=O)C(C)C)CCCC1. The second-order valence-corrected chi connectivity index (χ2v) is 10.9. The number of aromatic amines is 1. The number of nitrogens with one attached hydrogen (secondary N) is 3. The van der Waals surface area contributed by atoms with Crippen LogP contribution >= 0.6 is 11.8 Å². The number of aromatic hydroxyl groups is 1. The number of fused-ring (bicyclic) bond motifs is 1. The van der Waals surface area contributed by atoms with Gasteiger partial charge in [-0.15, -0.1) is 0 Å². The van der Waals surface area contributed by atoms with Crippen molar-refractivity contribution in [2.75, 3.05) is 6.61 Å². The highest BCUT2D eigenvalue weighted by Gasteiger charge is 2.45. The number of aromatic nitrogens is 1. The normalized spacial score (nSPS) is 16.5. The number of phenols is 1. The summed E-state index contributed by atoms with van der Waals surface area (Å²) in [5, 5.41) is 15.6. The van der Waals surface area contributed by atoms with Crippen LogP contribution in [0.5, 0.6) is 5.75 Å². The summed E-state index contributed by atoms with van der Waals surface area (Å²) < 4.78 is 5.24. The zero-order valence-corrected chi connectivity index (χ0v) is 22.0. The van der Waals surface area contributed by atoms with E-state index in [2.05, 4.69) is 15.6 Å². The predicted octanol–water partition coefficient (Wildman–Crippen LogP) is 3.20. The van der Waals surface area contributed by atoms with Gasteiger partial charge in [0.2, 0.25) is 11.8 Å². The zero-order chi connectivity index (χ0) is 26.5. The van der Waals surface area contributed by atoms with Crippen LogP contribution in [0.1, 0.15) is 58.9 Å². The summed E-state index contributed by atoms with van der Waals surface area (Å²) >= 11 is 0.959. The molecule has 1 aliphatic carbocycles. The Morgan fingerprint density at radius 2 is 1.89 bits per heavy atom. The number of H-pyrrole nitrogens is 1. The number of rotatable bonds is 10. The van der Waals surface area contributed by atoms with Gasteiger partial charge in [0, 0.05) is 30.4 Å². The van der Waals surface area contributed by atoms with E-state index in [4.69, 9.17) is 4.74 Å². The number of amides is 2. The molecule has 10 heteroatoms. The van der Waals surface area contributed by atoms with Gasteiger partial charge in [0.1, 0.15) is 17.3 Å². The molecule has 0 spiro atoms. The molecule has 4 N–H and O–H groups in total. The van der Waals surface area contributed by atoms with E-state index in [1.54, 1.807) is 31.3 Å². The molecule has 0 aliphatic heterocycles. The fourth-order valence-corrected chi connectivity index (χ4v) is 5.45. The maximum Gasteiger partial charge on any atom is 0.328 e. The summed E-state index contributed by atoms with van der Waals surface area (Å²) in [6, 6.07) is 3.91. The fraction of sp³-hybridized carbons (Fsp3) is 0.538. The smallest absolute Gasteiger partial charge is 0.328 e. The van der Waals surface area contributed by atoms with Crippen LogP contribution in [0.25, 0.3) is 10.9 Å². The lowest BCUT2D eigenvalue weighted by Gasteiger charge is -2.32. The van der Waals surface area contributed by atoms with Gasteiger partial charge in [-0.1, -0.05) is 38.5 Å². The van der Waals surface area contributed by atoms with Gasteiger partial charge in [0.25, 0.3) is 0 Å². The Morgan fingerprint density at radius 1 is 1.19 bits per heavy atom. The van der Waals surface area contributed by atoms with Crippen LogP contribution in [0.15, 0.2) is 24.4 Å². The van der Waals surface area contributed by atoms with E-state index >= 15 is 0 Å². The molecule has 2 aromatic rings. The Hall–Kier alpha value is -3.01. The van der Waals surface area contributed by atoms with Crippen LogP contribution in [0, 0.1) is 5.92 Å². The summed E-state index contributed by atoms with van der Waals surface area (Å²) in [6.45, 7) is 6.98. The molecule has 1 aliphatic rings. The van der Waals surface area contributed by atoms with E-state index in [1.807, 2.05) is 13.8 Å². The zero-order valence-electron chi connectivity index (χ0n) is 21.2. The van der Waals surface area contributed by atoms with Gasteiger partial charge in [-0.05, 0) is 49.4 Å². The molecule has 36 heavy (non-hydrogen) atoms. The van der Waals surface area contributed by atoms with E-state index < -0.39 is 28.7 Å². The summed E-state index contributed by atoms with van der Waals surface area (Å²) in [4.78, 5) is 54.4. The lowest BCUT2D eigenvalue weighted by atomic mass is 9.94. The van der Waals surface area contributed by atoms with Crippen molar-refractivity contribution < 1.29 is 29.0 Å². The van der Waals surface area contributed by atoms with Crippen molar-refractivity contribution in [3.8, 4) is 5.75 Å². The van der Waals surface area contributed by atoms with Crippen LogP contribution in [-0.2, 0) is 30.3 Å². The second kappa shape index (κ2) is 11.8. The summed E-state index contributed by atoms with van der Waals surface area (Å²) in [5.74, 6) is -1.39. The summed E-state index contributed by atoms with van der Waals surface area (Å²) in [6.07, 6.45) is 4.28. The van der Waals surface area contributed by atoms with Gasteiger partial charge >= 0.3 is 5.97 Å². The first-order valence-corrected chi connectivity index (χ1v) is 13.2. The maximum atomic E-state index is 13.6. The highest BCUT2D eigenvalue weighted by atomic mass is 32.2. The largest absolute Gasteiger partial charge is 0.508 e. The van der Waals surface area contributed by atoms with Gasteiger partial charge in [-0.2, -0.15) is 0 Å². The molecule has 1 saturated carbocycles. The molecule has 9 nitrogen and oxygen atoms in total. The van der Waals surface area contributed by atoms with Crippen LogP contribution in [0.3, 0.4) is 0 Å². The van der Waals surface area contributed by atoms with Crippen molar-refractivity contribution in [1.82, 2.24) is 15.6 Å². The van der Waals surface area contributed by atoms with E-state index in [0.29, 0.717) is 12.8 Å². The number of carbonyl (C=O) groups is 4. The van der Waals surface area contributed by atoms with Crippen molar-refractivity contribution in [1.29, 1.82) is 0 Å². The first kappa shape index (κ1) is 27.6. The molecule has 1 aromatic heterocycles. The first-order valence-electron chi connectivity index (χ1n) is 12.3. The van der Waals surface area contributed by atoms with Gasteiger partial charge in [-0.3, -0.25) is 14.4 Å². The molecule has 3 rings (SSSR count). The molecule has 2 amide bonds. The topological polar surface area (TPSA) is 138 Å². The van der Waals surface area contributed by atoms with Crippen molar-refractivity contribution in [3.05, 3.63) is 30.0 Å². The van der Waals surface area contributed by atoms with Gasteiger partial charge in [0.05, 0.1) is 11.9 Å². The maximum absolute atomic E-state index is 13.6. The number of benzene rings is 1. The molecule has 0 saturated heterocycles. The van der Waals surface area contributed by atoms with Crippen LogP contribution in [0.4, 0.5) is 0 Å². The Kier molecular flexibility index (Phi) is 9.05. The molecule has 0 unspecified atom stereocenters. The predicted molar refractivity (Wildman–Crippen MR) is 138 cm³/mol. The average molecular weight is 518 g/mol. The molecule has 0 radical (unpaired) electrons. The average Bonchev–Trinajstić information content (AvgIpc) is 3.44. The molecule has 1 aromatic carbocycles. The van der Waals surface area contributed by atoms with Crippen molar-refractivity contribution in [2.45, 2.75) is 76.6 Å². The quantitative estimate of drug-likeness (QED) is 0.355. The molecular weight excluding hydrogens is 482 g/mol. The minimum Gasteiger partial charge on any atom is -0.508 e. The van der Waals surface area contributed by atoms with E-state index in [-0.39, 0.29) is 35.7 Å². The third kappa shape index (κ3) is 6.40. The molecule has 2 atom stereocenters. The van der Waals surface area contributed by atoms with Crippen LogP contribution in [0.2, 0.25) is 0 Å². The lowest BCUT2D eigenvalue weighted by molar-refractivity contribution is -0.148. The van der Waals surface area contributed by atoms with Crippen LogP contribution < -0.4 is 10.6 Å². The number of thioether (sulfide) groups is 1. The Balaban J connectivity index is 1.84. The number of hydrogen-bond donors (Lipinski definition) is 4. The highest BCUT2D eigenvalue weighted by molar-refractivity contribution is 8.14. The van der Waals surface area contributed by atoms with E-state index in [1.165, 1.54) is 6.92 Å². The second-order valence-electron chi connectivity index (χ2n) is 9.58. The standard InChI is InChI=1S/C26H35N3O6S/c1-5-35-24(33)21(12-17-14-27-20-9-8-18(31)13-19(17)20)28-25(34)26(10-6-7-11-26)29-23(32)22(15(2)3)36-16(4)30/h8-9,13-15,21-22,27,31H,5-7,10-12H2,1-4H3,(H,28,34)(H,29,32)/t21-,22-/m0/s1. The van der Waals surface area contributed by atoms with Gasteiger partial charge < -0.3 is 25.5 Å². The number of phenolic OH excluding ortho intramolecular Hbond substituents is 1.